The van der Waals surface area contributed by atoms with Gasteiger partial charge in [-0.15, -0.1) is 0 Å². The molecule has 0 spiro atoms. The van der Waals surface area contributed by atoms with Gasteiger partial charge in [0.1, 0.15) is 6.04 Å². The number of carboxylic acids is 1. The maximum absolute atomic E-state index is 12.0. The van der Waals surface area contributed by atoms with Crippen molar-refractivity contribution in [2.75, 3.05) is 20.2 Å². The molecule has 2 N–H and O–H groups in total. The normalized spacial score (nSPS) is 23.2. The number of nitrogens with zero attached hydrogens (tertiary/aromatic N) is 1. The van der Waals surface area contributed by atoms with Gasteiger partial charge < -0.3 is 20.1 Å². The summed E-state index contributed by atoms with van der Waals surface area (Å²) in [7, 11) is 1.25. The standard InChI is InChI=1S/C13H22N2O5/c1-4-5-13(11(17)18)6-7-15(8-13)12(19)14-9(2)10(16)20-3/h9H,4-8H2,1-3H3,(H,14,19)(H,17,18). The Bertz CT molecular complexity index is 398. The molecule has 1 aliphatic rings. The molecular weight excluding hydrogens is 264 g/mol. The Kier molecular flexibility index (Phi) is 5.35. The molecule has 114 valence electrons. The van der Waals surface area contributed by atoms with E-state index in [0.717, 1.165) is 6.42 Å². The number of urea groups is 1. The predicted molar refractivity (Wildman–Crippen MR) is 71.2 cm³/mol. The highest BCUT2D eigenvalue weighted by atomic mass is 16.5. The van der Waals surface area contributed by atoms with E-state index in [4.69, 9.17) is 0 Å². The minimum absolute atomic E-state index is 0.176. The number of carboxylic acid groups (broad SMARTS) is 1. The summed E-state index contributed by atoms with van der Waals surface area (Å²) in [6.45, 7) is 4.00. The fraction of sp³-hybridized carbons (Fsp3) is 0.769. The van der Waals surface area contributed by atoms with E-state index in [9.17, 15) is 19.5 Å². The lowest BCUT2D eigenvalue weighted by Crippen LogP contribution is -2.47. The van der Waals surface area contributed by atoms with Crippen LogP contribution in [0.4, 0.5) is 4.79 Å². The third-order valence-corrected chi connectivity index (χ3v) is 3.72. The number of likely N-dealkylation sites (tertiary alicyclic amines) is 1. The number of carbonyl (C=O) groups is 3. The van der Waals surface area contributed by atoms with Gasteiger partial charge in [-0.3, -0.25) is 4.79 Å². The molecule has 2 unspecified atom stereocenters. The number of hydrogen-bond acceptors (Lipinski definition) is 4. The van der Waals surface area contributed by atoms with Crippen LogP contribution in [0.25, 0.3) is 0 Å². The fourth-order valence-corrected chi connectivity index (χ4v) is 2.52. The van der Waals surface area contributed by atoms with Gasteiger partial charge in [0.2, 0.25) is 0 Å². The second-order valence-corrected chi connectivity index (χ2v) is 5.20. The third-order valence-electron chi connectivity index (χ3n) is 3.72. The number of methoxy groups -OCH3 is 1. The summed E-state index contributed by atoms with van der Waals surface area (Å²) in [6.07, 6.45) is 1.73. The maximum atomic E-state index is 12.0. The van der Waals surface area contributed by atoms with Crippen LogP contribution in [0.2, 0.25) is 0 Å². The van der Waals surface area contributed by atoms with Crippen molar-refractivity contribution >= 4 is 18.0 Å². The molecule has 0 aromatic rings. The maximum Gasteiger partial charge on any atom is 0.328 e. The zero-order chi connectivity index (χ0) is 15.3. The lowest BCUT2D eigenvalue weighted by molar-refractivity contribution is -0.148. The number of esters is 1. The zero-order valence-corrected chi connectivity index (χ0v) is 12.1. The van der Waals surface area contributed by atoms with Crippen LogP contribution >= 0.6 is 0 Å². The molecule has 0 bridgehead atoms. The van der Waals surface area contributed by atoms with Crippen LogP contribution in [0.1, 0.15) is 33.1 Å². The average Bonchev–Trinajstić information content (AvgIpc) is 2.83. The molecule has 2 amide bonds. The first-order valence-corrected chi connectivity index (χ1v) is 6.73. The van der Waals surface area contributed by atoms with E-state index >= 15 is 0 Å². The van der Waals surface area contributed by atoms with Gasteiger partial charge in [-0.2, -0.15) is 0 Å². The van der Waals surface area contributed by atoms with Gasteiger partial charge in [0.25, 0.3) is 0 Å². The first-order valence-electron chi connectivity index (χ1n) is 6.73. The van der Waals surface area contributed by atoms with Gasteiger partial charge in [-0.25, -0.2) is 9.59 Å². The van der Waals surface area contributed by atoms with Crippen molar-refractivity contribution in [3.8, 4) is 0 Å². The molecule has 7 nitrogen and oxygen atoms in total. The number of hydrogen-bond donors (Lipinski definition) is 2. The minimum Gasteiger partial charge on any atom is -0.481 e. The predicted octanol–water partition coefficient (Wildman–Crippen LogP) is 0.834. The van der Waals surface area contributed by atoms with Crippen LogP contribution in [0.5, 0.6) is 0 Å². The van der Waals surface area contributed by atoms with E-state index in [0.29, 0.717) is 19.4 Å². The minimum atomic E-state index is -0.865. The average molecular weight is 286 g/mol. The second kappa shape index (κ2) is 6.58. The molecular formula is C13H22N2O5. The van der Waals surface area contributed by atoms with E-state index in [1.54, 1.807) is 0 Å². The molecule has 0 aromatic carbocycles. The fourth-order valence-electron chi connectivity index (χ4n) is 2.52. The third kappa shape index (κ3) is 3.40. The molecule has 1 heterocycles. The van der Waals surface area contributed by atoms with E-state index in [1.165, 1.54) is 18.9 Å². The quantitative estimate of drug-likeness (QED) is 0.730. The molecule has 1 rings (SSSR count). The van der Waals surface area contributed by atoms with Crippen LogP contribution < -0.4 is 5.32 Å². The van der Waals surface area contributed by atoms with Crippen LogP contribution in [0.15, 0.2) is 0 Å². The van der Waals surface area contributed by atoms with Gasteiger partial charge in [0, 0.05) is 13.1 Å². The summed E-state index contributed by atoms with van der Waals surface area (Å²) in [5, 5.41) is 11.9. The van der Waals surface area contributed by atoms with Crippen molar-refractivity contribution in [2.24, 2.45) is 5.41 Å². The van der Waals surface area contributed by atoms with E-state index in [1.807, 2.05) is 6.92 Å². The van der Waals surface area contributed by atoms with E-state index < -0.39 is 29.4 Å². The summed E-state index contributed by atoms with van der Waals surface area (Å²) in [6, 6.07) is -1.18. The number of ether oxygens (including phenoxy) is 1. The molecule has 2 atom stereocenters. The second-order valence-electron chi connectivity index (χ2n) is 5.20. The summed E-state index contributed by atoms with van der Waals surface area (Å²) >= 11 is 0. The Hall–Kier alpha value is -1.79. The number of rotatable bonds is 5. The molecule has 1 fully saturated rings. The molecule has 1 aliphatic heterocycles. The van der Waals surface area contributed by atoms with Gasteiger partial charge >= 0.3 is 18.0 Å². The smallest absolute Gasteiger partial charge is 0.328 e. The highest BCUT2D eigenvalue weighted by molar-refractivity contribution is 5.84. The van der Waals surface area contributed by atoms with Crippen LogP contribution in [0.3, 0.4) is 0 Å². The molecule has 0 aromatic heterocycles. The number of nitrogens with one attached hydrogen (secondary N) is 1. The van der Waals surface area contributed by atoms with Crippen LogP contribution in [-0.2, 0) is 14.3 Å². The Labute approximate surface area is 118 Å². The van der Waals surface area contributed by atoms with Gasteiger partial charge in [-0.1, -0.05) is 13.3 Å². The molecule has 0 radical (unpaired) electrons. The van der Waals surface area contributed by atoms with Crippen molar-refractivity contribution in [1.29, 1.82) is 0 Å². The summed E-state index contributed by atoms with van der Waals surface area (Å²) in [5.41, 5.74) is -0.861. The molecule has 7 heteroatoms. The molecule has 1 saturated heterocycles. The number of aliphatic carboxylic acids is 1. The summed E-state index contributed by atoms with van der Waals surface area (Å²) in [5.74, 6) is -1.40. The molecule has 0 aliphatic carbocycles. The Morgan fingerprint density at radius 3 is 2.60 bits per heavy atom. The molecule has 20 heavy (non-hydrogen) atoms. The molecule has 0 saturated carbocycles. The van der Waals surface area contributed by atoms with Crippen LogP contribution in [0, 0.1) is 5.41 Å². The lowest BCUT2D eigenvalue weighted by Gasteiger charge is -2.25. The largest absolute Gasteiger partial charge is 0.481 e. The lowest BCUT2D eigenvalue weighted by atomic mass is 9.83. The van der Waals surface area contributed by atoms with E-state index in [2.05, 4.69) is 10.1 Å². The van der Waals surface area contributed by atoms with E-state index in [-0.39, 0.29) is 6.54 Å². The summed E-state index contributed by atoms with van der Waals surface area (Å²) in [4.78, 5) is 36.1. The Morgan fingerprint density at radius 2 is 2.10 bits per heavy atom. The van der Waals surface area contributed by atoms with Crippen molar-refractivity contribution < 1.29 is 24.2 Å². The highest BCUT2D eigenvalue weighted by Crippen LogP contribution is 2.35. The summed E-state index contributed by atoms with van der Waals surface area (Å²) < 4.78 is 4.53. The van der Waals surface area contributed by atoms with Gasteiger partial charge in [0.15, 0.2) is 0 Å². The first kappa shape index (κ1) is 16.3. The first-order chi connectivity index (χ1) is 9.36. The van der Waals surface area contributed by atoms with Crippen molar-refractivity contribution in [2.45, 2.75) is 39.2 Å². The van der Waals surface area contributed by atoms with Crippen molar-refractivity contribution in [1.82, 2.24) is 10.2 Å². The monoisotopic (exact) mass is 286 g/mol. The van der Waals surface area contributed by atoms with Gasteiger partial charge in [0.05, 0.1) is 12.5 Å². The Morgan fingerprint density at radius 1 is 1.45 bits per heavy atom. The topological polar surface area (TPSA) is 95.9 Å². The zero-order valence-electron chi connectivity index (χ0n) is 12.1. The number of amides is 2. The van der Waals surface area contributed by atoms with Gasteiger partial charge in [-0.05, 0) is 19.8 Å². The number of carbonyl (C=O) groups excluding carboxylic acids is 2. The highest BCUT2D eigenvalue weighted by Gasteiger charge is 2.45. The van der Waals surface area contributed by atoms with Crippen molar-refractivity contribution in [3.63, 3.8) is 0 Å². The van der Waals surface area contributed by atoms with Crippen molar-refractivity contribution in [3.05, 3.63) is 0 Å². The Balaban J connectivity index is 2.64. The van der Waals surface area contributed by atoms with Crippen LogP contribution in [-0.4, -0.2) is 54.2 Å². The SMILES string of the molecule is CCCC1(C(=O)O)CCN(C(=O)NC(C)C(=O)OC)C1.